The Hall–Kier alpha value is -4.29. The first kappa shape index (κ1) is 28.0. The smallest absolute Gasteiger partial charge is 0.131 e. The SMILES string of the molecule is C1#CC2C=Cc3ccccc3N2N=C(C2=CC=C(n3c4c(c5cc(C6CCCCC6)ccc53)C=C(C3=CCCCC3)CC4)CC2)C1. The van der Waals surface area contributed by atoms with E-state index in [2.05, 4.69) is 100 Å². The second-order valence-electron chi connectivity index (χ2n) is 14.1. The normalized spacial score (nSPS) is 22.7. The summed E-state index contributed by atoms with van der Waals surface area (Å²) < 4.78 is 2.64. The van der Waals surface area contributed by atoms with Crippen LogP contribution in [0, 0.1) is 11.8 Å². The minimum absolute atomic E-state index is 0.00118. The fourth-order valence-electron chi connectivity index (χ4n) is 8.82. The zero-order chi connectivity index (χ0) is 30.5. The molecule has 2 aromatic carbocycles. The van der Waals surface area contributed by atoms with Crippen molar-refractivity contribution >= 4 is 40.2 Å². The largest absolute Gasteiger partial charge is 0.317 e. The van der Waals surface area contributed by atoms with E-state index in [4.69, 9.17) is 5.10 Å². The molecule has 0 radical (unpaired) electrons. The Labute approximate surface area is 273 Å². The van der Waals surface area contributed by atoms with Gasteiger partial charge in [-0.05, 0) is 134 Å². The third-order valence-electron chi connectivity index (χ3n) is 11.3. The van der Waals surface area contributed by atoms with E-state index in [0.717, 1.165) is 43.0 Å². The molecule has 3 aromatic rings. The molecule has 0 saturated heterocycles. The maximum atomic E-state index is 5.23. The van der Waals surface area contributed by atoms with Gasteiger partial charge >= 0.3 is 0 Å². The van der Waals surface area contributed by atoms with Crippen molar-refractivity contribution in [2.24, 2.45) is 5.10 Å². The van der Waals surface area contributed by atoms with Gasteiger partial charge in [-0.1, -0.05) is 73.6 Å². The van der Waals surface area contributed by atoms with Crippen molar-refractivity contribution in [2.75, 3.05) is 5.01 Å². The first-order chi connectivity index (χ1) is 22.8. The third kappa shape index (κ3) is 4.94. The van der Waals surface area contributed by atoms with Gasteiger partial charge in [0.25, 0.3) is 0 Å². The van der Waals surface area contributed by atoms with Gasteiger partial charge in [0.2, 0.25) is 0 Å². The summed E-state index contributed by atoms with van der Waals surface area (Å²) in [5.74, 6) is 7.61. The van der Waals surface area contributed by atoms with Gasteiger partial charge in [-0.3, -0.25) is 0 Å². The first-order valence-corrected chi connectivity index (χ1v) is 17.9. The summed E-state index contributed by atoms with van der Waals surface area (Å²) in [4.78, 5) is 0. The van der Waals surface area contributed by atoms with Crippen molar-refractivity contribution in [1.82, 2.24) is 4.57 Å². The van der Waals surface area contributed by atoms with Crippen LogP contribution in [-0.2, 0) is 6.42 Å². The first-order valence-electron chi connectivity index (χ1n) is 17.9. The van der Waals surface area contributed by atoms with E-state index >= 15 is 0 Å². The predicted octanol–water partition coefficient (Wildman–Crippen LogP) is 10.7. The lowest BCUT2D eigenvalue weighted by Crippen LogP contribution is -2.31. The molecule has 1 unspecified atom stereocenters. The molecule has 1 aromatic heterocycles. The number of rotatable bonds is 4. The third-order valence-corrected chi connectivity index (χ3v) is 11.3. The topological polar surface area (TPSA) is 20.5 Å². The van der Waals surface area contributed by atoms with Gasteiger partial charge in [0.15, 0.2) is 0 Å². The Morgan fingerprint density at radius 3 is 2.59 bits per heavy atom. The number of fused-ring (bicyclic) bond motifs is 6. The van der Waals surface area contributed by atoms with Crippen molar-refractivity contribution < 1.29 is 0 Å². The number of anilines is 1. The van der Waals surface area contributed by atoms with E-state index in [9.17, 15) is 0 Å². The molecule has 0 spiro atoms. The molecule has 0 amide bonds. The lowest BCUT2D eigenvalue weighted by molar-refractivity contribution is 0.444. The van der Waals surface area contributed by atoms with Crippen molar-refractivity contribution in [1.29, 1.82) is 0 Å². The van der Waals surface area contributed by atoms with Crippen LogP contribution in [0.2, 0.25) is 0 Å². The summed E-state index contributed by atoms with van der Waals surface area (Å²) in [6.07, 6.45) is 31.2. The number of hydrogen-bond acceptors (Lipinski definition) is 2. The zero-order valence-corrected chi connectivity index (χ0v) is 26.9. The second kappa shape index (κ2) is 11.8. The number of nitrogens with zero attached hydrogens (tertiary/aromatic N) is 3. The molecular weight excluding hydrogens is 558 g/mol. The summed E-state index contributed by atoms with van der Waals surface area (Å²) in [5.41, 5.74) is 15.4. The van der Waals surface area contributed by atoms with Gasteiger partial charge in [-0.15, -0.1) is 0 Å². The van der Waals surface area contributed by atoms with Gasteiger partial charge in [0.1, 0.15) is 6.04 Å². The van der Waals surface area contributed by atoms with E-state index in [1.807, 2.05) is 0 Å². The number of allylic oxidation sites excluding steroid dienone is 7. The molecule has 6 aliphatic rings. The number of benzene rings is 2. The molecule has 2 aliphatic heterocycles. The average Bonchev–Trinajstić information content (AvgIpc) is 3.28. The fourth-order valence-corrected chi connectivity index (χ4v) is 8.82. The standard InChI is InChI=1S/C43H43N3/c1-3-10-30(11-4-1)34-21-26-42-38(28-34)39-29-35(31-12-5-2-6-13-31)22-27-43(39)45(42)36-23-18-32(19-24-36)40-16-9-15-37-25-20-33-14-7-8-17-41(33)46(37)44-40/h7-8,10,14,17-18,20,22-23,25,27-29,31,37H,1-6,11-13,16,19,21,24,26H2. The lowest BCUT2D eigenvalue weighted by atomic mass is 9.83. The molecule has 3 heterocycles. The van der Waals surface area contributed by atoms with Crippen LogP contribution in [0.25, 0.3) is 28.8 Å². The van der Waals surface area contributed by atoms with E-state index in [1.165, 1.54) is 96.8 Å². The molecule has 3 heteroatoms. The summed E-state index contributed by atoms with van der Waals surface area (Å²) in [7, 11) is 0. The number of para-hydroxylation sites is 1. The van der Waals surface area contributed by atoms with Crippen LogP contribution in [-0.4, -0.2) is 16.3 Å². The van der Waals surface area contributed by atoms with Crippen LogP contribution in [0.15, 0.2) is 88.6 Å². The van der Waals surface area contributed by atoms with Crippen LogP contribution in [0.3, 0.4) is 0 Å². The number of hydrazone groups is 1. The van der Waals surface area contributed by atoms with Crippen LogP contribution in [0.5, 0.6) is 0 Å². The van der Waals surface area contributed by atoms with Crippen LogP contribution < -0.4 is 5.01 Å². The van der Waals surface area contributed by atoms with Crippen LogP contribution in [0.4, 0.5) is 5.69 Å². The quantitative estimate of drug-likeness (QED) is 0.273. The van der Waals surface area contributed by atoms with Gasteiger partial charge in [-0.2, -0.15) is 5.10 Å². The fraction of sp³-hybridized carbons (Fsp3) is 0.372. The predicted molar refractivity (Wildman–Crippen MR) is 194 cm³/mol. The highest BCUT2D eigenvalue weighted by atomic mass is 15.5. The molecule has 9 rings (SSSR count). The molecule has 1 fully saturated rings. The Morgan fingerprint density at radius 1 is 0.804 bits per heavy atom. The number of hydrogen-bond donors (Lipinski definition) is 0. The lowest BCUT2D eigenvalue weighted by Gasteiger charge is -2.29. The highest BCUT2D eigenvalue weighted by molar-refractivity contribution is 6.04. The van der Waals surface area contributed by atoms with Gasteiger partial charge < -0.3 is 4.57 Å². The average molecular weight is 602 g/mol. The number of aromatic nitrogens is 1. The molecule has 0 N–H and O–H groups in total. The van der Waals surface area contributed by atoms with Gasteiger partial charge in [0, 0.05) is 22.3 Å². The summed E-state index contributed by atoms with van der Waals surface area (Å²) in [6.45, 7) is 0. The van der Waals surface area contributed by atoms with Gasteiger partial charge in [-0.25, -0.2) is 5.01 Å². The summed E-state index contributed by atoms with van der Waals surface area (Å²) in [6, 6.07) is 16.0. The molecule has 0 bridgehead atoms. The molecule has 1 saturated carbocycles. The van der Waals surface area contributed by atoms with Crippen LogP contribution >= 0.6 is 0 Å². The molecule has 46 heavy (non-hydrogen) atoms. The van der Waals surface area contributed by atoms with E-state index in [-0.39, 0.29) is 6.04 Å². The summed E-state index contributed by atoms with van der Waals surface area (Å²) >= 11 is 0. The summed E-state index contributed by atoms with van der Waals surface area (Å²) in [5, 5.41) is 8.84. The Balaban J connectivity index is 1.11. The Kier molecular flexibility index (Phi) is 7.19. The minimum atomic E-state index is 0.00118. The highest BCUT2D eigenvalue weighted by Gasteiger charge is 2.27. The molecule has 3 nitrogen and oxygen atoms in total. The zero-order valence-electron chi connectivity index (χ0n) is 26.9. The molecule has 230 valence electrons. The Morgan fingerprint density at radius 2 is 1.72 bits per heavy atom. The van der Waals surface area contributed by atoms with Crippen molar-refractivity contribution in [3.63, 3.8) is 0 Å². The highest BCUT2D eigenvalue weighted by Crippen LogP contribution is 2.43. The molecular formula is C43H43N3. The van der Waals surface area contributed by atoms with Crippen molar-refractivity contribution in [3.05, 3.63) is 106 Å². The van der Waals surface area contributed by atoms with Crippen molar-refractivity contribution in [2.45, 2.75) is 102 Å². The van der Waals surface area contributed by atoms with Crippen molar-refractivity contribution in [3.8, 4) is 11.8 Å². The second-order valence-corrected chi connectivity index (χ2v) is 14.1. The maximum Gasteiger partial charge on any atom is 0.131 e. The van der Waals surface area contributed by atoms with E-state index in [1.54, 1.807) is 16.7 Å². The van der Waals surface area contributed by atoms with Crippen LogP contribution in [0.1, 0.15) is 112 Å². The maximum absolute atomic E-state index is 5.23. The molecule has 1 atom stereocenters. The molecule has 4 aliphatic carbocycles. The Bertz CT molecular complexity index is 1970. The monoisotopic (exact) mass is 601 g/mol. The van der Waals surface area contributed by atoms with E-state index < -0.39 is 0 Å². The minimum Gasteiger partial charge on any atom is -0.317 e. The van der Waals surface area contributed by atoms with Gasteiger partial charge in [0.05, 0.1) is 23.3 Å². The van der Waals surface area contributed by atoms with E-state index in [0.29, 0.717) is 6.42 Å².